The molecule has 0 unspecified atom stereocenters. The van der Waals surface area contributed by atoms with Gasteiger partial charge in [0.1, 0.15) is 5.75 Å². The van der Waals surface area contributed by atoms with Crippen LogP contribution in [0.3, 0.4) is 0 Å². The molecule has 1 aromatic rings. The Labute approximate surface area is 177 Å². The number of unbranched alkanes of at least 4 members (excludes halogenated alkanes) is 2. The lowest BCUT2D eigenvalue weighted by Crippen LogP contribution is -2.34. The average Bonchev–Trinajstić information content (AvgIpc) is 2.70. The molecule has 1 heterocycles. The molecule has 0 spiro atoms. The van der Waals surface area contributed by atoms with E-state index in [1.807, 2.05) is 6.92 Å². The van der Waals surface area contributed by atoms with Crippen LogP contribution < -0.4 is 10.1 Å². The van der Waals surface area contributed by atoms with Crippen molar-refractivity contribution in [3.05, 3.63) is 52.4 Å². The Morgan fingerprint density at radius 2 is 1.87 bits per heavy atom. The summed E-state index contributed by atoms with van der Waals surface area (Å²) in [7, 11) is 0. The van der Waals surface area contributed by atoms with Crippen LogP contribution in [0.25, 0.3) is 0 Å². The van der Waals surface area contributed by atoms with Crippen LogP contribution in [0.15, 0.2) is 46.8 Å². The number of carbonyl (C=O) groups excluding carboxylic acids is 3. The lowest BCUT2D eigenvalue weighted by molar-refractivity contribution is -0.139. The van der Waals surface area contributed by atoms with Crippen LogP contribution in [0.4, 0.5) is 0 Å². The summed E-state index contributed by atoms with van der Waals surface area (Å²) in [5.74, 6) is -0.798. The van der Waals surface area contributed by atoms with E-state index in [-0.39, 0.29) is 5.78 Å². The van der Waals surface area contributed by atoms with Gasteiger partial charge in [0, 0.05) is 36.2 Å². The molecule has 6 nitrogen and oxygen atoms in total. The van der Waals surface area contributed by atoms with Crippen LogP contribution in [0, 0.1) is 0 Å². The highest BCUT2D eigenvalue weighted by molar-refractivity contribution is 6.03. The van der Waals surface area contributed by atoms with E-state index in [0.29, 0.717) is 29.9 Å². The van der Waals surface area contributed by atoms with Crippen LogP contribution >= 0.6 is 0 Å². The first kappa shape index (κ1) is 21.8. The zero-order chi connectivity index (χ0) is 21.7. The van der Waals surface area contributed by atoms with Gasteiger partial charge in [-0.25, -0.2) is 4.79 Å². The van der Waals surface area contributed by atoms with Gasteiger partial charge in [0.15, 0.2) is 5.78 Å². The lowest BCUT2D eigenvalue weighted by Gasteiger charge is -2.34. The van der Waals surface area contributed by atoms with E-state index in [2.05, 4.69) is 12.2 Å². The number of hydrogen-bond acceptors (Lipinski definition) is 6. The number of rotatable bonds is 7. The van der Waals surface area contributed by atoms with E-state index in [0.717, 1.165) is 49.1 Å². The molecule has 1 aromatic carbocycles. The first-order chi connectivity index (χ1) is 14.4. The molecule has 30 heavy (non-hydrogen) atoms. The first-order valence-corrected chi connectivity index (χ1v) is 10.6. The Bertz CT molecular complexity index is 895. The summed E-state index contributed by atoms with van der Waals surface area (Å²) >= 11 is 0. The maximum Gasteiger partial charge on any atom is 0.336 e. The molecule has 2 aliphatic rings. The summed E-state index contributed by atoms with van der Waals surface area (Å²) in [6.45, 7) is 5.65. The number of allylic oxidation sites excluding steroid dienone is 3. The largest absolute Gasteiger partial charge is 0.462 e. The quantitative estimate of drug-likeness (QED) is 0.409. The number of benzene rings is 1. The van der Waals surface area contributed by atoms with Gasteiger partial charge in [-0.1, -0.05) is 31.9 Å². The van der Waals surface area contributed by atoms with Gasteiger partial charge in [0.25, 0.3) is 0 Å². The van der Waals surface area contributed by atoms with Crippen molar-refractivity contribution in [3.8, 4) is 5.75 Å². The lowest BCUT2D eigenvalue weighted by atomic mass is 9.75. The fraction of sp³-hybridized carbons (Fsp3) is 0.458. The second-order valence-electron chi connectivity index (χ2n) is 7.77. The molecule has 0 amide bonds. The van der Waals surface area contributed by atoms with Crippen LogP contribution in [-0.2, 0) is 19.1 Å². The van der Waals surface area contributed by atoms with Gasteiger partial charge >= 0.3 is 11.9 Å². The number of ketones is 1. The molecule has 0 saturated carbocycles. The minimum absolute atomic E-state index is 0.0570. The van der Waals surface area contributed by atoms with Gasteiger partial charge < -0.3 is 14.8 Å². The molecule has 0 aromatic heterocycles. The summed E-state index contributed by atoms with van der Waals surface area (Å²) in [6, 6.07) is 6.98. The molecular formula is C24H29NO5. The molecule has 1 aliphatic heterocycles. The third kappa shape index (κ3) is 4.81. The van der Waals surface area contributed by atoms with Gasteiger partial charge in [-0.3, -0.25) is 9.59 Å². The van der Waals surface area contributed by atoms with Crippen molar-refractivity contribution in [1.29, 1.82) is 0 Å². The standard InChI is InChI=1S/C24H29NO5/c1-4-5-6-14-29-24(28)21-15(2)25-19-8-7-9-20(27)23(19)22(21)17-10-12-18(13-11-17)30-16(3)26/h10-13,22,25H,4-9,14H2,1-3H3/t22-/m1/s1. The second-order valence-corrected chi connectivity index (χ2v) is 7.77. The van der Waals surface area contributed by atoms with Crippen molar-refractivity contribution in [1.82, 2.24) is 5.32 Å². The van der Waals surface area contributed by atoms with Crippen molar-refractivity contribution in [2.75, 3.05) is 6.61 Å². The third-order valence-electron chi connectivity index (χ3n) is 5.45. The molecule has 1 N–H and O–H groups in total. The molecule has 0 bridgehead atoms. The fourth-order valence-electron chi connectivity index (χ4n) is 4.08. The van der Waals surface area contributed by atoms with E-state index in [1.54, 1.807) is 24.3 Å². The van der Waals surface area contributed by atoms with Gasteiger partial charge in [-0.2, -0.15) is 0 Å². The molecule has 0 fully saturated rings. The van der Waals surface area contributed by atoms with Crippen LogP contribution in [-0.4, -0.2) is 24.3 Å². The van der Waals surface area contributed by atoms with Crippen molar-refractivity contribution in [3.63, 3.8) is 0 Å². The number of Topliss-reactive ketones (excluding diaryl/α,β-unsaturated/α-hetero) is 1. The van der Waals surface area contributed by atoms with Crippen molar-refractivity contribution in [2.45, 2.75) is 65.2 Å². The molecule has 1 atom stereocenters. The monoisotopic (exact) mass is 411 g/mol. The van der Waals surface area contributed by atoms with Gasteiger partial charge in [0.05, 0.1) is 12.2 Å². The number of dihydropyridines is 1. The second kappa shape index (κ2) is 9.74. The van der Waals surface area contributed by atoms with Crippen molar-refractivity contribution < 1.29 is 23.9 Å². The topological polar surface area (TPSA) is 81.7 Å². The predicted molar refractivity (Wildman–Crippen MR) is 113 cm³/mol. The normalized spacial score (nSPS) is 18.6. The summed E-state index contributed by atoms with van der Waals surface area (Å²) in [5, 5.41) is 3.29. The average molecular weight is 411 g/mol. The van der Waals surface area contributed by atoms with Gasteiger partial charge in [-0.05, 0) is 43.9 Å². The summed E-state index contributed by atoms with van der Waals surface area (Å²) in [6.07, 6.45) is 4.91. The maximum absolute atomic E-state index is 13.0. The fourth-order valence-corrected chi connectivity index (χ4v) is 4.08. The summed E-state index contributed by atoms with van der Waals surface area (Å²) in [4.78, 5) is 37.1. The number of esters is 2. The number of nitrogens with one attached hydrogen (secondary N) is 1. The van der Waals surface area contributed by atoms with E-state index in [4.69, 9.17) is 9.47 Å². The Kier molecular flexibility index (Phi) is 7.08. The molecule has 0 saturated heterocycles. The highest BCUT2D eigenvalue weighted by atomic mass is 16.5. The zero-order valence-electron chi connectivity index (χ0n) is 17.9. The van der Waals surface area contributed by atoms with Crippen molar-refractivity contribution in [2.24, 2.45) is 0 Å². The van der Waals surface area contributed by atoms with Crippen molar-refractivity contribution >= 4 is 17.7 Å². The Balaban J connectivity index is 1.96. The van der Waals surface area contributed by atoms with E-state index < -0.39 is 17.9 Å². The minimum Gasteiger partial charge on any atom is -0.462 e. The van der Waals surface area contributed by atoms with Crippen LogP contribution in [0.5, 0.6) is 5.75 Å². The summed E-state index contributed by atoms with van der Waals surface area (Å²) < 4.78 is 10.7. The molecule has 3 rings (SSSR count). The third-order valence-corrected chi connectivity index (χ3v) is 5.45. The van der Waals surface area contributed by atoms with E-state index in [9.17, 15) is 14.4 Å². The Hall–Kier alpha value is -2.89. The Morgan fingerprint density at radius 1 is 1.13 bits per heavy atom. The molecule has 6 heteroatoms. The Morgan fingerprint density at radius 3 is 2.53 bits per heavy atom. The van der Waals surface area contributed by atoms with Gasteiger partial charge in [-0.15, -0.1) is 0 Å². The van der Waals surface area contributed by atoms with Crippen LogP contribution in [0.2, 0.25) is 0 Å². The highest BCUT2D eigenvalue weighted by Gasteiger charge is 2.39. The molecule has 0 radical (unpaired) electrons. The van der Waals surface area contributed by atoms with E-state index >= 15 is 0 Å². The summed E-state index contributed by atoms with van der Waals surface area (Å²) in [5.41, 5.74) is 3.53. The zero-order valence-corrected chi connectivity index (χ0v) is 17.9. The molecule has 160 valence electrons. The maximum atomic E-state index is 13.0. The number of hydrogen-bond donors (Lipinski definition) is 1. The molecular weight excluding hydrogens is 382 g/mol. The van der Waals surface area contributed by atoms with E-state index in [1.165, 1.54) is 6.92 Å². The molecule has 1 aliphatic carbocycles. The highest BCUT2D eigenvalue weighted by Crippen LogP contribution is 2.42. The smallest absolute Gasteiger partial charge is 0.336 e. The first-order valence-electron chi connectivity index (χ1n) is 10.6. The predicted octanol–water partition coefficient (Wildman–Crippen LogP) is 4.31. The number of carbonyl (C=O) groups is 3. The van der Waals surface area contributed by atoms with Crippen LogP contribution in [0.1, 0.15) is 70.8 Å². The van der Waals surface area contributed by atoms with Gasteiger partial charge in [0.2, 0.25) is 0 Å². The SMILES string of the molecule is CCCCCOC(=O)C1=C(C)NC2=C(C(=O)CCC2)[C@@H]1c1ccc(OC(C)=O)cc1. The number of ether oxygens (including phenoxy) is 2. The minimum atomic E-state index is -0.487.